The Labute approximate surface area is 170 Å². The van der Waals surface area contributed by atoms with Gasteiger partial charge in [0.1, 0.15) is 28.5 Å². The highest BCUT2D eigenvalue weighted by Gasteiger charge is 2.17. The molecule has 10 heteroatoms. The van der Waals surface area contributed by atoms with Gasteiger partial charge in [-0.3, -0.25) is 4.98 Å². The number of carbonyl (C=O) groups is 1. The third kappa shape index (κ3) is 3.54. The fraction of sp³-hybridized carbons (Fsp3) is 0.150. The van der Waals surface area contributed by atoms with Crippen molar-refractivity contribution in [3.05, 3.63) is 60.1 Å². The molecule has 4 rings (SSSR count). The molecule has 1 amide bonds. The maximum atomic E-state index is 14.2. The molecule has 0 fully saturated rings. The van der Waals surface area contributed by atoms with Crippen LogP contribution in [0.25, 0.3) is 22.4 Å². The van der Waals surface area contributed by atoms with Gasteiger partial charge in [0.2, 0.25) is 0 Å². The van der Waals surface area contributed by atoms with E-state index in [4.69, 9.17) is 0 Å². The third-order valence-electron chi connectivity index (χ3n) is 4.37. The van der Waals surface area contributed by atoms with Gasteiger partial charge in [0.15, 0.2) is 5.82 Å². The molecule has 1 aromatic carbocycles. The van der Waals surface area contributed by atoms with Gasteiger partial charge in [0.25, 0.3) is 0 Å². The van der Waals surface area contributed by atoms with Crippen LogP contribution in [0.2, 0.25) is 0 Å². The van der Waals surface area contributed by atoms with Crippen molar-refractivity contribution in [3.8, 4) is 11.4 Å². The van der Waals surface area contributed by atoms with Crippen molar-refractivity contribution in [2.24, 2.45) is 0 Å². The first-order chi connectivity index (χ1) is 14.5. The molecule has 152 valence electrons. The van der Waals surface area contributed by atoms with Crippen LogP contribution in [0, 0.1) is 18.6 Å². The Bertz CT molecular complexity index is 1260. The van der Waals surface area contributed by atoms with Crippen molar-refractivity contribution in [2.45, 2.75) is 13.8 Å². The van der Waals surface area contributed by atoms with Crippen LogP contribution in [0.15, 0.2) is 42.9 Å². The summed E-state index contributed by atoms with van der Waals surface area (Å²) < 4.78 is 29.0. The smallest absolute Gasteiger partial charge is 0.338 e. The van der Waals surface area contributed by atoms with Crippen LogP contribution in [-0.2, 0) is 0 Å². The van der Waals surface area contributed by atoms with E-state index in [0.29, 0.717) is 34.6 Å². The van der Waals surface area contributed by atoms with Gasteiger partial charge in [-0.25, -0.2) is 23.5 Å². The van der Waals surface area contributed by atoms with Crippen LogP contribution >= 0.6 is 0 Å². The topological polar surface area (TPSA) is 97.6 Å². The summed E-state index contributed by atoms with van der Waals surface area (Å²) >= 11 is 0. The largest absolute Gasteiger partial charge is 0.342 e. The lowest BCUT2D eigenvalue weighted by atomic mass is 10.2. The number of halogens is 2. The van der Waals surface area contributed by atoms with Gasteiger partial charge in [0.05, 0.1) is 17.4 Å². The third-order valence-corrected chi connectivity index (χ3v) is 4.37. The summed E-state index contributed by atoms with van der Waals surface area (Å²) in [5, 5.41) is 9.93. The summed E-state index contributed by atoms with van der Waals surface area (Å²) in [5.74, 6) is -0.818. The Hall–Kier alpha value is -3.95. The van der Waals surface area contributed by atoms with Gasteiger partial charge in [-0.1, -0.05) is 0 Å². The number of carbonyl (C=O) groups excluding carboxylic acids is 1. The second kappa shape index (κ2) is 7.82. The number of benzene rings is 1. The van der Waals surface area contributed by atoms with Crippen molar-refractivity contribution in [3.63, 3.8) is 0 Å². The molecule has 0 aliphatic rings. The molecule has 0 saturated carbocycles. The molecule has 8 nitrogen and oxygen atoms in total. The van der Waals surface area contributed by atoms with E-state index in [1.165, 1.54) is 17.1 Å². The van der Waals surface area contributed by atoms with Gasteiger partial charge in [0, 0.05) is 24.5 Å². The van der Waals surface area contributed by atoms with Crippen molar-refractivity contribution in [1.82, 2.24) is 30.0 Å². The first-order valence-corrected chi connectivity index (χ1v) is 9.15. The van der Waals surface area contributed by atoms with Crippen molar-refractivity contribution >= 4 is 28.6 Å². The van der Waals surface area contributed by atoms with E-state index in [1.54, 1.807) is 26.1 Å². The molecule has 0 spiro atoms. The summed E-state index contributed by atoms with van der Waals surface area (Å²) in [6.07, 6.45) is 4.56. The molecule has 0 saturated heterocycles. The number of nitrogens with one attached hydrogen (secondary N) is 2. The van der Waals surface area contributed by atoms with E-state index in [-0.39, 0.29) is 11.4 Å². The average Bonchev–Trinajstić information content (AvgIpc) is 3.17. The van der Waals surface area contributed by atoms with Crippen LogP contribution in [0.5, 0.6) is 0 Å². The zero-order valence-electron chi connectivity index (χ0n) is 16.1. The SMILES string of the molecule is CCNC(=O)n1ncc2nccc(Nc3nc(-c4cc(F)ccc4F)ncc3C)c21. The lowest BCUT2D eigenvalue weighted by molar-refractivity contribution is 0.241. The van der Waals surface area contributed by atoms with Crippen LogP contribution in [-0.4, -0.2) is 37.3 Å². The maximum Gasteiger partial charge on any atom is 0.342 e. The first-order valence-electron chi connectivity index (χ1n) is 9.15. The molecule has 0 unspecified atom stereocenters. The molecule has 4 aromatic rings. The van der Waals surface area contributed by atoms with E-state index < -0.39 is 17.7 Å². The Balaban J connectivity index is 1.78. The second-order valence-corrected chi connectivity index (χ2v) is 6.46. The monoisotopic (exact) mass is 409 g/mol. The molecule has 3 aromatic heterocycles. The summed E-state index contributed by atoms with van der Waals surface area (Å²) in [4.78, 5) is 25.0. The van der Waals surface area contributed by atoms with Gasteiger partial charge >= 0.3 is 6.03 Å². The van der Waals surface area contributed by atoms with E-state index in [1.807, 2.05) is 0 Å². The molecule has 2 N–H and O–H groups in total. The highest BCUT2D eigenvalue weighted by molar-refractivity contribution is 5.96. The average molecular weight is 409 g/mol. The van der Waals surface area contributed by atoms with Crippen molar-refractivity contribution in [1.29, 1.82) is 0 Å². The minimum atomic E-state index is -0.633. The minimum Gasteiger partial charge on any atom is -0.338 e. The Kier molecular flexibility index (Phi) is 5.05. The molecule has 0 aliphatic heterocycles. The molecule has 3 heterocycles. The summed E-state index contributed by atoms with van der Waals surface area (Å²) in [6.45, 7) is 4.02. The van der Waals surface area contributed by atoms with Gasteiger partial charge in [-0.2, -0.15) is 9.78 Å². The number of aromatic nitrogens is 5. The van der Waals surface area contributed by atoms with Crippen molar-refractivity contribution in [2.75, 3.05) is 11.9 Å². The molecular weight excluding hydrogens is 392 g/mol. The Morgan fingerprint density at radius 1 is 1.17 bits per heavy atom. The van der Waals surface area contributed by atoms with Crippen LogP contribution in [0.1, 0.15) is 12.5 Å². The van der Waals surface area contributed by atoms with Gasteiger partial charge in [-0.05, 0) is 38.1 Å². The number of pyridine rings is 1. The zero-order chi connectivity index (χ0) is 21.3. The van der Waals surface area contributed by atoms with Crippen LogP contribution in [0.4, 0.5) is 25.1 Å². The summed E-state index contributed by atoms with van der Waals surface area (Å²) in [7, 11) is 0. The number of anilines is 2. The first kappa shape index (κ1) is 19.4. The standard InChI is InChI=1S/C20H17F2N7O/c1-3-23-20(30)29-17-15(6-7-24-16(17)10-26-29)27-18-11(2)9-25-19(28-18)13-8-12(21)4-5-14(13)22/h4-10H,3H2,1-2H3,(H,23,30)(H,24,25,27,28). The van der Waals surface area contributed by atoms with Crippen LogP contribution < -0.4 is 10.6 Å². The lowest BCUT2D eigenvalue weighted by Crippen LogP contribution is -2.29. The van der Waals surface area contributed by atoms with E-state index in [0.717, 1.165) is 18.2 Å². The quantitative estimate of drug-likeness (QED) is 0.532. The highest BCUT2D eigenvalue weighted by atomic mass is 19.1. The fourth-order valence-electron chi connectivity index (χ4n) is 2.93. The van der Waals surface area contributed by atoms with E-state index >= 15 is 0 Å². The number of hydrogen-bond acceptors (Lipinski definition) is 6. The maximum absolute atomic E-state index is 14.2. The van der Waals surface area contributed by atoms with Crippen LogP contribution in [0.3, 0.4) is 0 Å². The number of nitrogens with zero attached hydrogens (tertiary/aromatic N) is 5. The van der Waals surface area contributed by atoms with Gasteiger partial charge in [-0.15, -0.1) is 0 Å². The molecule has 0 aliphatic carbocycles. The number of fused-ring (bicyclic) bond motifs is 1. The summed E-state index contributed by atoms with van der Waals surface area (Å²) in [6, 6.07) is 4.37. The summed E-state index contributed by atoms with van der Waals surface area (Å²) in [5.41, 5.74) is 2.11. The predicted octanol–water partition coefficient (Wildman–Crippen LogP) is 3.80. The molecule has 0 bridgehead atoms. The molecular formula is C20H17F2N7O. The number of rotatable bonds is 4. The Morgan fingerprint density at radius 3 is 2.80 bits per heavy atom. The lowest BCUT2D eigenvalue weighted by Gasteiger charge is -2.12. The molecule has 0 radical (unpaired) electrons. The minimum absolute atomic E-state index is 0.0302. The molecule has 0 atom stereocenters. The highest BCUT2D eigenvalue weighted by Crippen LogP contribution is 2.28. The number of hydrogen-bond donors (Lipinski definition) is 2. The zero-order valence-corrected chi connectivity index (χ0v) is 16.1. The second-order valence-electron chi connectivity index (χ2n) is 6.46. The normalized spacial score (nSPS) is 10.9. The van der Waals surface area contributed by atoms with Crippen molar-refractivity contribution < 1.29 is 13.6 Å². The van der Waals surface area contributed by atoms with Gasteiger partial charge < -0.3 is 10.6 Å². The van der Waals surface area contributed by atoms with E-state index in [9.17, 15) is 13.6 Å². The van der Waals surface area contributed by atoms with E-state index in [2.05, 4.69) is 30.7 Å². The molecule has 30 heavy (non-hydrogen) atoms. The predicted molar refractivity (Wildman–Crippen MR) is 107 cm³/mol. The Morgan fingerprint density at radius 2 is 2.00 bits per heavy atom. The number of amides is 1. The fourth-order valence-corrected chi connectivity index (χ4v) is 2.93. The number of aryl methyl sites for hydroxylation is 1.